The van der Waals surface area contributed by atoms with Gasteiger partial charge in [0.15, 0.2) is 5.96 Å². The number of anilines is 1. The van der Waals surface area contributed by atoms with Crippen LogP contribution >= 0.6 is 24.0 Å². The lowest BCUT2D eigenvalue weighted by molar-refractivity contribution is 0.192. The van der Waals surface area contributed by atoms with Gasteiger partial charge in [0, 0.05) is 12.2 Å². The van der Waals surface area contributed by atoms with Crippen molar-refractivity contribution in [3.05, 3.63) is 29.8 Å². The molecule has 0 unspecified atom stereocenters. The summed E-state index contributed by atoms with van der Waals surface area (Å²) in [5.41, 5.74) is 8.28. The number of hydrogen-bond acceptors (Lipinski definition) is 2. The van der Waals surface area contributed by atoms with Crippen LogP contribution in [0.25, 0.3) is 0 Å². The highest BCUT2D eigenvalue weighted by Gasteiger charge is 2.14. The first kappa shape index (κ1) is 20.2. The zero-order valence-corrected chi connectivity index (χ0v) is 16.8. The molecule has 1 fully saturated rings. The van der Waals surface area contributed by atoms with Gasteiger partial charge in [0.05, 0.1) is 0 Å². The molecule has 1 aromatic rings. The zero-order chi connectivity index (χ0) is 15.8. The Morgan fingerprint density at radius 3 is 2.78 bits per heavy atom. The van der Waals surface area contributed by atoms with Crippen LogP contribution in [-0.4, -0.2) is 37.0 Å². The molecule has 0 atom stereocenters. The van der Waals surface area contributed by atoms with Gasteiger partial charge in [-0.05, 0) is 68.9 Å². The molecule has 1 saturated heterocycles. The number of aliphatic imine (C=N–C) groups is 1. The molecule has 0 amide bonds. The largest absolute Gasteiger partial charge is 0.370 e. The van der Waals surface area contributed by atoms with E-state index in [2.05, 4.69) is 41.2 Å². The molecule has 1 aliphatic heterocycles. The maximum atomic E-state index is 5.96. The number of rotatable bonds is 6. The number of halogens is 1. The number of hydrogen-bond donors (Lipinski definition) is 2. The fourth-order valence-corrected chi connectivity index (χ4v) is 2.84. The summed E-state index contributed by atoms with van der Waals surface area (Å²) < 4.78 is 0. The van der Waals surface area contributed by atoms with Crippen molar-refractivity contribution in [1.29, 1.82) is 0 Å². The predicted molar refractivity (Wildman–Crippen MR) is 111 cm³/mol. The summed E-state index contributed by atoms with van der Waals surface area (Å²) in [5.74, 6) is 1.41. The van der Waals surface area contributed by atoms with Gasteiger partial charge in [0.2, 0.25) is 0 Å². The summed E-state index contributed by atoms with van der Waals surface area (Å²) in [5, 5.41) is 3.17. The van der Waals surface area contributed by atoms with E-state index in [0.717, 1.165) is 37.5 Å². The van der Waals surface area contributed by atoms with E-state index in [1.54, 1.807) is 0 Å². The number of likely N-dealkylation sites (tertiary alicyclic amines) is 1. The highest BCUT2D eigenvalue weighted by atomic mass is 127. The summed E-state index contributed by atoms with van der Waals surface area (Å²) in [6.07, 6.45) is 4.77. The minimum absolute atomic E-state index is 0. The Balaban J connectivity index is 0.00000264. The second-order valence-electron chi connectivity index (χ2n) is 6.32. The average molecular weight is 430 g/mol. The summed E-state index contributed by atoms with van der Waals surface area (Å²) in [7, 11) is 0. The second-order valence-corrected chi connectivity index (χ2v) is 6.32. The van der Waals surface area contributed by atoms with E-state index >= 15 is 0 Å². The van der Waals surface area contributed by atoms with E-state index in [4.69, 9.17) is 5.73 Å². The van der Waals surface area contributed by atoms with Crippen LogP contribution in [0.5, 0.6) is 0 Å². The van der Waals surface area contributed by atoms with E-state index in [1.807, 2.05) is 12.1 Å². The minimum atomic E-state index is 0. The molecule has 1 aromatic carbocycles. The summed E-state index contributed by atoms with van der Waals surface area (Å²) >= 11 is 0. The Morgan fingerprint density at radius 2 is 2.09 bits per heavy atom. The number of nitrogens with two attached hydrogens (primary N) is 1. The standard InChI is InChI=1S/C18H30N4.HI/c1-3-16-6-4-7-17(14-16)21-18(19)20-10-5-11-22-12-8-15(2)9-13-22;/h4,6-7,14-15H,3,5,8-13H2,1-2H3,(H3,19,20,21);1H. The summed E-state index contributed by atoms with van der Waals surface area (Å²) in [6, 6.07) is 8.32. The SMILES string of the molecule is CCc1cccc(NC(N)=NCCCN2CCC(C)CC2)c1.I. The van der Waals surface area contributed by atoms with Crippen LogP contribution < -0.4 is 11.1 Å². The molecular weight excluding hydrogens is 399 g/mol. The van der Waals surface area contributed by atoms with Crippen LogP contribution in [0.2, 0.25) is 0 Å². The van der Waals surface area contributed by atoms with Crippen LogP contribution in [0, 0.1) is 5.92 Å². The molecule has 0 aliphatic carbocycles. The smallest absolute Gasteiger partial charge is 0.193 e. The van der Waals surface area contributed by atoms with Gasteiger partial charge in [-0.15, -0.1) is 24.0 Å². The van der Waals surface area contributed by atoms with Gasteiger partial charge >= 0.3 is 0 Å². The van der Waals surface area contributed by atoms with E-state index in [9.17, 15) is 0 Å². The Hall–Kier alpha value is -0.820. The van der Waals surface area contributed by atoms with Crippen molar-refractivity contribution >= 4 is 35.6 Å². The van der Waals surface area contributed by atoms with Crippen LogP contribution in [0.3, 0.4) is 0 Å². The van der Waals surface area contributed by atoms with Crippen LogP contribution in [0.1, 0.15) is 38.7 Å². The monoisotopic (exact) mass is 430 g/mol. The number of aryl methyl sites for hydroxylation is 1. The van der Waals surface area contributed by atoms with Gasteiger partial charge in [-0.2, -0.15) is 0 Å². The quantitative estimate of drug-likeness (QED) is 0.313. The molecular formula is C18H31IN4. The first-order valence-electron chi connectivity index (χ1n) is 8.55. The first-order chi connectivity index (χ1) is 10.7. The highest BCUT2D eigenvalue weighted by Crippen LogP contribution is 2.15. The summed E-state index contributed by atoms with van der Waals surface area (Å²) in [4.78, 5) is 6.98. The fraction of sp³-hybridized carbons (Fsp3) is 0.611. The Bertz CT molecular complexity index is 482. The van der Waals surface area contributed by atoms with Crippen molar-refractivity contribution < 1.29 is 0 Å². The number of benzene rings is 1. The molecule has 2 rings (SSSR count). The molecule has 1 aliphatic rings. The molecule has 23 heavy (non-hydrogen) atoms. The summed E-state index contributed by atoms with van der Waals surface area (Å²) in [6.45, 7) is 8.90. The molecule has 0 spiro atoms. The first-order valence-corrected chi connectivity index (χ1v) is 8.55. The number of piperidine rings is 1. The van der Waals surface area contributed by atoms with Crippen LogP contribution in [0.15, 0.2) is 29.3 Å². The molecule has 0 radical (unpaired) electrons. The Morgan fingerprint density at radius 1 is 1.35 bits per heavy atom. The predicted octanol–water partition coefficient (Wildman–Crippen LogP) is 3.72. The third kappa shape index (κ3) is 7.52. The Kier molecular flexibility index (Phi) is 9.55. The van der Waals surface area contributed by atoms with Crippen LogP contribution in [-0.2, 0) is 6.42 Å². The van der Waals surface area contributed by atoms with E-state index < -0.39 is 0 Å². The maximum Gasteiger partial charge on any atom is 0.193 e. The van der Waals surface area contributed by atoms with Gasteiger partial charge in [-0.1, -0.05) is 26.0 Å². The second kappa shape index (κ2) is 10.9. The minimum Gasteiger partial charge on any atom is -0.370 e. The van der Waals surface area contributed by atoms with Gasteiger partial charge < -0.3 is 16.0 Å². The molecule has 130 valence electrons. The van der Waals surface area contributed by atoms with E-state index in [1.165, 1.54) is 31.5 Å². The Labute approximate surface area is 157 Å². The van der Waals surface area contributed by atoms with Crippen molar-refractivity contribution in [2.75, 3.05) is 31.5 Å². The molecule has 0 aromatic heterocycles. The van der Waals surface area contributed by atoms with Crippen molar-refractivity contribution in [3.63, 3.8) is 0 Å². The third-order valence-corrected chi connectivity index (χ3v) is 4.40. The molecule has 5 heteroatoms. The molecule has 4 nitrogen and oxygen atoms in total. The molecule has 1 heterocycles. The van der Waals surface area contributed by atoms with Gasteiger partial charge in [-0.25, -0.2) is 0 Å². The van der Waals surface area contributed by atoms with Gasteiger partial charge in [0.1, 0.15) is 0 Å². The lowest BCUT2D eigenvalue weighted by Crippen LogP contribution is -2.34. The highest BCUT2D eigenvalue weighted by molar-refractivity contribution is 14.0. The molecule has 0 saturated carbocycles. The van der Waals surface area contributed by atoms with E-state index in [0.29, 0.717) is 5.96 Å². The topological polar surface area (TPSA) is 53.6 Å². The van der Waals surface area contributed by atoms with Crippen molar-refractivity contribution in [3.8, 4) is 0 Å². The lowest BCUT2D eigenvalue weighted by Gasteiger charge is -2.29. The van der Waals surface area contributed by atoms with Crippen LogP contribution in [0.4, 0.5) is 5.69 Å². The number of nitrogens with one attached hydrogen (secondary N) is 1. The zero-order valence-electron chi connectivity index (χ0n) is 14.4. The molecule has 3 N–H and O–H groups in total. The van der Waals surface area contributed by atoms with Crippen molar-refractivity contribution in [2.45, 2.75) is 39.5 Å². The fourth-order valence-electron chi connectivity index (χ4n) is 2.84. The van der Waals surface area contributed by atoms with E-state index in [-0.39, 0.29) is 24.0 Å². The van der Waals surface area contributed by atoms with Gasteiger partial charge in [-0.3, -0.25) is 4.99 Å². The van der Waals surface area contributed by atoms with Crippen molar-refractivity contribution in [1.82, 2.24) is 4.90 Å². The lowest BCUT2D eigenvalue weighted by atomic mass is 9.99. The number of nitrogens with zero attached hydrogens (tertiary/aromatic N) is 2. The van der Waals surface area contributed by atoms with Crippen molar-refractivity contribution in [2.24, 2.45) is 16.6 Å². The number of guanidine groups is 1. The average Bonchev–Trinajstić information content (AvgIpc) is 2.53. The normalized spacial score (nSPS) is 16.9. The van der Waals surface area contributed by atoms with Gasteiger partial charge in [0.25, 0.3) is 0 Å². The molecule has 0 bridgehead atoms. The maximum absolute atomic E-state index is 5.96. The third-order valence-electron chi connectivity index (χ3n) is 4.40.